The third-order valence-corrected chi connectivity index (χ3v) is 3.92. The number of halogens is 6. The molecule has 0 unspecified atom stereocenters. The first-order valence-corrected chi connectivity index (χ1v) is 7.57. The van der Waals surface area contributed by atoms with E-state index in [9.17, 15) is 31.9 Å². The van der Waals surface area contributed by atoms with Crippen molar-refractivity contribution in [2.45, 2.75) is 38.8 Å². The van der Waals surface area contributed by atoms with Crippen LogP contribution in [0.2, 0.25) is 5.02 Å². The lowest BCUT2D eigenvalue weighted by Gasteiger charge is -2.28. The van der Waals surface area contributed by atoms with E-state index in [1.165, 1.54) is 18.7 Å². The van der Waals surface area contributed by atoms with Gasteiger partial charge >= 0.3 is 12.1 Å². The van der Waals surface area contributed by atoms with Crippen LogP contribution in [0.25, 0.3) is 0 Å². The lowest BCUT2D eigenvalue weighted by molar-refractivity contribution is -0.137. The van der Waals surface area contributed by atoms with Gasteiger partial charge in [-0.2, -0.15) is 13.2 Å². The molecule has 9 heteroatoms. The van der Waals surface area contributed by atoms with Gasteiger partial charge in [0.15, 0.2) is 0 Å². The van der Waals surface area contributed by atoms with Gasteiger partial charge in [-0.3, -0.25) is 0 Å². The number of hydrogen-bond donors (Lipinski definition) is 1. The molecule has 0 radical (unpaired) electrons. The van der Waals surface area contributed by atoms with Crippen molar-refractivity contribution in [2.24, 2.45) is 0 Å². The van der Waals surface area contributed by atoms with Crippen LogP contribution in [0.3, 0.4) is 0 Å². The van der Waals surface area contributed by atoms with Crippen LogP contribution in [-0.4, -0.2) is 30.1 Å². The van der Waals surface area contributed by atoms with Gasteiger partial charge < -0.3 is 10.0 Å². The Balaban J connectivity index is 3.33. The molecule has 1 rings (SSSR count). The van der Waals surface area contributed by atoms with Crippen molar-refractivity contribution < 1.29 is 31.9 Å². The Morgan fingerprint density at radius 1 is 1.21 bits per heavy atom. The number of carboxylic acids is 1. The zero-order valence-electron chi connectivity index (χ0n) is 13.1. The van der Waals surface area contributed by atoms with Crippen molar-refractivity contribution in [2.75, 3.05) is 18.0 Å². The number of hydrogen-bond acceptors (Lipinski definition) is 2. The van der Waals surface area contributed by atoms with E-state index in [1.807, 2.05) is 0 Å². The number of carboxylic acid groups (broad SMARTS) is 1. The van der Waals surface area contributed by atoms with Gasteiger partial charge in [0.25, 0.3) is 0 Å². The molecule has 1 N–H and O–H groups in total. The molecule has 0 aliphatic carbocycles. The summed E-state index contributed by atoms with van der Waals surface area (Å²) in [6.07, 6.45) is -5.79. The van der Waals surface area contributed by atoms with Gasteiger partial charge in [0.1, 0.15) is 0 Å². The molecule has 0 saturated heterocycles. The average molecular weight is 374 g/mol. The fourth-order valence-electron chi connectivity index (χ4n) is 2.14. The summed E-state index contributed by atoms with van der Waals surface area (Å²) < 4.78 is 65.8. The predicted molar refractivity (Wildman–Crippen MR) is 81.2 cm³/mol. The summed E-state index contributed by atoms with van der Waals surface area (Å²) >= 11 is 5.53. The standard InChI is InChI=1S/C15H17ClF5NO2/c1-3-14(17,18)5-6-22(4-2)12-8-10(15(19,20)21)11(16)7-9(12)13(23)24/h7-8H,3-6H2,1-2H3,(H,23,24). The largest absolute Gasteiger partial charge is 0.478 e. The van der Waals surface area contributed by atoms with E-state index in [0.29, 0.717) is 12.1 Å². The summed E-state index contributed by atoms with van der Waals surface area (Å²) in [4.78, 5) is 12.5. The average Bonchev–Trinajstić information content (AvgIpc) is 2.47. The van der Waals surface area contributed by atoms with Gasteiger partial charge in [-0.1, -0.05) is 18.5 Å². The van der Waals surface area contributed by atoms with E-state index in [0.717, 1.165) is 0 Å². The summed E-state index contributed by atoms with van der Waals surface area (Å²) in [6.45, 7) is 2.62. The van der Waals surface area contributed by atoms with Crippen molar-refractivity contribution in [3.8, 4) is 0 Å². The maximum Gasteiger partial charge on any atom is 0.417 e. The lowest BCUT2D eigenvalue weighted by atomic mass is 10.1. The van der Waals surface area contributed by atoms with E-state index in [-0.39, 0.29) is 18.8 Å². The molecule has 136 valence electrons. The van der Waals surface area contributed by atoms with E-state index in [4.69, 9.17) is 11.6 Å². The van der Waals surface area contributed by atoms with Crippen LogP contribution in [0.1, 0.15) is 42.6 Å². The summed E-state index contributed by atoms with van der Waals surface area (Å²) in [7, 11) is 0. The third kappa shape index (κ3) is 4.96. The molecule has 0 saturated carbocycles. The normalized spacial score (nSPS) is 12.3. The van der Waals surface area contributed by atoms with Gasteiger partial charge in [-0.05, 0) is 19.1 Å². The number of aromatic carboxylic acids is 1. The van der Waals surface area contributed by atoms with Gasteiger partial charge in [-0.25, -0.2) is 13.6 Å². The Morgan fingerprint density at radius 3 is 2.21 bits per heavy atom. The molecule has 24 heavy (non-hydrogen) atoms. The highest BCUT2D eigenvalue weighted by Crippen LogP contribution is 2.39. The molecular formula is C15H17ClF5NO2. The second-order valence-electron chi connectivity index (χ2n) is 5.19. The second kappa shape index (κ2) is 7.55. The maximum absolute atomic E-state index is 13.4. The minimum Gasteiger partial charge on any atom is -0.478 e. The summed E-state index contributed by atoms with van der Waals surface area (Å²) in [6, 6.07) is 1.29. The van der Waals surface area contributed by atoms with Crippen molar-refractivity contribution >= 4 is 23.3 Å². The smallest absolute Gasteiger partial charge is 0.417 e. The Kier molecular flexibility index (Phi) is 6.44. The predicted octanol–water partition coefficient (Wildman–Crippen LogP) is 5.32. The molecule has 0 aromatic heterocycles. The van der Waals surface area contributed by atoms with Gasteiger partial charge in [0.2, 0.25) is 5.92 Å². The fraction of sp³-hybridized carbons (Fsp3) is 0.533. The fourth-order valence-corrected chi connectivity index (χ4v) is 2.41. The molecule has 1 aromatic carbocycles. The Bertz CT molecular complexity index is 604. The number of anilines is 1. The molecule has 0 fully saturated rings. The summed E-state index contributed by atoms with van der Waals surface area (Å²) in [5.41, 5.74) is -1.95. The van der Waals surface area contributed by atoms with Crippen molar-refractivity contribution in [3.05, 3.63) is 28.3 Å². The van der Waals surface area contributed by atoms with E-state index < -0.39 is 47.1 Å². The molecule has 0 aliphatic rings. The highest BCUT2D eigenvalue weighted by molar-refractivity contribution is 6.32. The van der Waals surface area contributed by atoms with Gasteiger partial charge in [0, 0.05) is 25.9 Å². The first kappa shape index (κ1) is 20.5. The monoisotopic (exact) mass is 373 g/mol. The van der Waals surface area contributed by atoms with Crippen LogP contribution in [0.15, 0.2) is 12.1 Å². The van der Waals surface area contributed by atoms with Crippen LogP contribution in [0.4, 0.5) is 27.6 Å². The summed E-state index contributed by atoms with van der Waals surface area (Å²) in [5.74, 6) is -4.46. The third-order valence-electron chi connectivity index (χ3n) is 3.61. The molecule has 1 aromatic rings. The number of nitrogens with zero attached hydrogens (tertiary/aromatic N) is 1. The number of alkyl halides is 5. The van der Waals surface area contributed by atoms with Crippen molar-refractivity contribution in [1.29, 1.82) is 0 Å². The Hall–Kier alpha value is -1.57. The highest BCUT2D eigenvalue weighted by atomic mass is 35.5. The SMILES string of the molecule is CCN(CCC(F)(F)CC)c1cc(C(F)(F)F)c(Cl)cc1C(=O)O. The van der Waals surface area contributed by atoms with Gasteiger partial charge in [0.05, 0.1) is 21.8 Å². The molecule has 0 heterocycles. The number of rotatable bonds is 7. The van der Waals surface area contributed by atoms with E-state index >= 15 is 0 Å². The molecule has 0 atom stereocenters. The lowest BCUT2D eigenvalue weighted by Crippen LogP contribution is -2.31. The number of carbonyl (C=O) groups is 1. The molecule has 0 spiro atoms. The molecule has 0 amide bonds. The van der Waals surface area contributed by atoms with Crippen LogP contribution in [0, 0.1) is 0 Å². The van der Waals surface area contributed by atoms with E-state index in [2.05, 4.69) is 0 Å². The Morgan fingerprint density at radius 2 is 1.79 bits per heavy atom. The molecule has 0 aliphatic heterocycles. The van der Waals surface area contributed by atoms with Crippen LogP contribution >= 0.6 is 11.6 Å². The first-order chi connectivity index (χ1) is 10.9. The zero-order valence-corrected chi connectivity index (χ0v) is 13.8. The zero-order chi connectivity index (χ0) is 18.7. The van der Waals surface area contributed by atoms with Crippen LogP contribution < -0.4 is 4.90 Å². The first-order valence-electron chi connectivity index (χ1n) is 7.19. The minimum atomic E-state index is -4.78. The van der Waals surface area contributed by atoms with Crippen molar-refractivity contribution in [3.63, 3.8) is 0 Å². The van der Waals surface area contributed by atoms with Crippen LogP contribution in [0.5, 0.6) is 0 Å². The quantitative estimate of drug-likeness (QED) is 0.658. The highest BCUT2D eigenvalue weighted by Gasteiger charge is 2.35. The van der Waals surface area contributed by atoms with E-state index in [1.54, 1.807) is 0 Å². The second-order valence-corrected chi connectivity index (χ2v) is 5.60. The minimum absolute atomic E-state index is 0.0685. The molecule has 0 bridgehead atoms. The molecular weight excluding hydrogens is 357 g/mol. The Labute approximate surface area is 141 Å². The van der Waals surface area contributed by atoms with Crippen LogP contribution in [-0.2, 0) is 6.18 Å². The number of benzene rings is 1. The van der Waals surface area contributed by atoms with Gasteiger partial charge in [-0.15, -0.1) is 0 Å². The maximum atomic E-state index is 13.4. The molecule has 3 nitrogen and oxygen atoms in total. The summed E-state index contributed by atoms with van der Waals surface area (Å²) in [5, 5.41) is 8.44. The topological polar surface area (TPSA) is 40.5 Å². The van der Waals surface area contributed by atoms with Crippen molar-refractivity contribution in [1.82, 2.24) is 0 Å².